The predicted molar refractivity (Wildman–Crippen MR) is 88.7 cm³/mol. The number of rotatable bonds is 5. The molecule has 25 heavy (non-hydrogen) atoms. The molecule has 0 spiro atoms. The van der Waals surface area contributed by atoms with E-state index in [0.29, 0.717) is 25.6 Å². The molecule has 0 unspecified atom stereocenters. The second-order valence-electron chi connectivity index (χ2n) is 5.58. The molecule has 0 radical (unpaired) electrons. The molecule has 9 heteroatoms. The highest BCUT2D eigenvalue weighted by Gasteiger charge is 2.29. The van der Waals surface area contributed by atoms with Gasteiger partial charge in [0, 0.05) is 27.2 Å². The Morgan fingerprint density at radius 1 is 1.28 bits per heavy atom. The molecular weight excluding hydrogens is 333 g/mol. The molecule has 0 aliphatic carbocycles. The molecule has 2 rings (SSSR count). The standard InChI is InChI=1S/C16H21F3N6/c1-4-20-15(21-9-14-23-22-11-25(14)3)24(2)10-12-5-7-13(8-6-12)16(17,18)19/h5-8,11H,4,9-10H2,1-3H3,(H,20,21). The van der Waals surface area contributed by atoms with Crippen LogP contribution >= 0.6 is 0 Å². The van der Waals surface area contributed by atoms with Gasteiger partial charge in [0.05, 0.1) is 5.56 Å². The number of hydrogen-bond acceptors (Lipinski definition) is 3. The van der Waals surface area contributed by atoms with Crippen LogP contribution in [0.5, 0.6) is 0 Å². The zero-order chi connectivity index (χ0) is 18.4. The van der Waals surface area contributed by atoms with Gasteiger partial charge in [0.2, 0.25) is 0 Å². The summed E-state index contributed by atoms with van der Waals surface area (Å²) in [7, 11) is 3.67. The van der Waals surface area contributed by atoms with E-state index in [1.807, 2.05) is 25.9 Å². The minimum Gasteiger partial charge on any atom is -0.357 e. The maximum atomic E-state index is 12.6. The van der Waals surface area contributed by atoms with Gasteiger partial charge in [0.25, 0.3) is 0 Å². The second kappa shape index (κ2) is 8.00. The Morgan fingerprint density at radius 3 is 2.48 bits per heavy atom. The lowest BCUT2D eigenvalue weighted by molar-refractivity contribution is -0.137. The number of aliphatic imine (C=N–C) groups is 1. The number of aryl methyl sites for hydroxylation is 1. The van der Waals surface area contributed by atoms with Crippen molar-refractivity contribution in [2.45, 2.75) is 26.2 Å². The summed E-state index contributed by atoms with van der Waals surface area (Å²) in [6.45, 7) is 3.41. The Balaban J connectivity index is 2.06. The number of alkyl halides is 3. The first-order valence-corrected chi connectivity index (χ1v) is 7.79. The molecular formula is C16H21F3N6. The normalized spacial score (nSPS) is 12.3. The molecule has 0 aliphatic heterocycles. The monoisotopic (exact) mass is 354 g/mol. The van der Waals surface area contributed by atoms with Gasteiger partial charge in [-0.25, -0.2) is 4.99 Å². The molecule has 1 aromatic carbocycles. The van der Waals surface area contributed by atoms with Gasteiger partial charge in [-0.1, -0.05) is 12.1 Å². The highest BCUT2D eigenvalue weighted by atomic mass is 19.4. The van der Waals surface area contributed by atoms with Gasteiger partial charge in [-0.2, -0.15) is 13.2 Å². The fourth-order valence-electron chi connectivity index (χ4n) is 2.21. The van der Waals surface area contributed by atoms with E-state index in [0.717, 1.165) is 23.5 Å². The predicted octanol–water partition coefficient (Wildman–Crippen LogP) is 2.43. The van der Waals surface area contributed by atoms with Crippen molar-refractivity contribution < 1.29 is 13.2 Å². The molecule has 6 nitrogen and oxygen atoms in total. The molecule has 0 saturated carbocycles. The summed E-state index contributed by atoms with van der Waals surface area (Å²) in [5, 5.41) is 10.9. The number of aromatic nitrogens is 3. The summed E-state index contributed by atoms with van der Waals surface area (Å²) >= 11 is 0. The van der Waals surface area contributed by atoms with Crippen LogP contribution in [0.3, 0.4) is 0 Å². The fraction of sp³-hybridized carbons (Fsp3) is 0.438. The van der Waals surface area contributed by atoms with Crippen LogP contribution in [0.1, 0.15) is 23.9 Å². The highest BCUT2D eigenvalue weighted by Crippen LogP contribution is 2.29. The second-order valence-corrected chi connectivity index (χ2v) is 5.58. The number of nitrogens with zero attached hydrogens (tertiary/aromatic N) is 5. The molecule has 0 fully saturated rings. The van der Waals surface area contributed by atoms with E-state index in [9.17, 15) is 13.2 Å². The van der Waals surface area contributed by atoms with Gasteiger partial charge in [0.1, 0.15) is 12.9 Å². The topological polar surface area (TPSA) is 58.3 Å². The molecule has 0 bridgehead atoms. The lowest BCUT2D eigenvalue weighted by Crippen LogP contribution is -2.38. The van der Waals surface area contributed by atoms with Crippen LogP contribution in [-0.4, -0.2) is 39.2 Å². The summed E-state index contributed by atoms with van der Waals surface area (Å²) in [5.41, 5.74) is 0.113. The third-order valence-corrected chi connectivity index (χ3v) is 3.57. The average molecular weight is 354 g/mol. The third-order valence-electron chi connectivity index (χ3n) is 3.57. The number of halogens is 3. The molecule has 136 valence electrons. The van der Waals surface area contributed by atoms with Crippen molar-refractivity contribution in [2.75, 3.05) is 13.6 Å². The van der Waals surface area contributed by atoms with E-state index in [1.165, 1.54) is 12.1 Å². The lowest BCUT2D eigenvalue weighted by atomic mass is 10.1. The van der Waals surface area contributed by atoms with E-state index in [4.69, 9.17) is 0 Å². The quantitative estimate of drug-likeness (QED) is 0.662. The van der Waals surface area contributed by atoms with E-state index in [1.54, 1.807) is 10.9 Å². The molecule has 0 atom stereocenters. The molecule has 0 saturated heterocycles. The van der Waals surface area contributed by atoms with Gasteiger partial charge in [0.15, 0.2) is 11.8 Å². The third kappa shape index (κ3) is 5.20. The first-order chi connectivity index (χ1) is 11.8. The van der Waals surface area contributed by atoms with Crippen LogP contribution in [0, 0.1) is 0 Å². The SMILES string of the molecule is CCNC(=NCc1nncn1C)N(C)Cc1ccc(C(F)(F)F)cc1. The maximum absolute atomic E-state index is 12.6. The van der Waals surface area contributed by atoms with Crippen molar-refractivity contribution in [1.29, 1.82) is 0 Å². The first-order valence-electron chi connectivity index (χ1n) is 7.79. The zero-order valence-electron chi connectivity index (χ0n) is 14.4. The van der Waals surface area contributed by atoms with Crippen molar-refractivity contribution in [3.05, 3.63) is 47.5 Å². The minimum absolute atomic E-state index is 0.357. The lowest BCUT2D eigenvalue weighted by Gasteiger charge is -2.22. The van der Waals surface area contributed by atoms with Crippen molar-refractivity contribution in [1.82, 2.24) is 25.0 Å². The number of hydrogen-bond donors (Lipinski definition) is 1. The van der Waals surface area contributed by atoms with Crippen LogP contribution in [0.25, 0.3) is 0 Å². The summed E-state index contributed by atoms with van der Waals surface area (Å²) in [5.74, 6) is 1.36. The largest absolute Gasteiger partial charge is 0.416 e. The van der Waals surface area contributed by atoms with Crippen LogP contribution < -0.4 is 5.32 Å². The van der Waals surface area contributed by atoms with Crippen molar-refractivity contribution >= 4 is 5.96 Å². The summed E-state index contributed by atoms with van der Waals surface area (Å²) in [6.07, 6.45) is -2.72. The van der Waals surface area contributed by atoms with Crippen LogP contribution in [0.15, 0.2) is 35.6 Å². The van der Waals surface area contributed by atoms with E-state index in [2.05, 4.69) is 20.5 Å². The summed E-state index contributed by atoms with van der Waals surface area (Å²) < 4.78 is 39.7. The summed E-state index contributed by atoms with van der Waals surface area (Å²) in [6, 6.07) is 5.14. The van der Waals surface area contributed by atoms with Crippen molar-refractivity contribution in [3.63, 3.8) is 0 Å². The molecule has 1 N–H and O–H groups in total. The number of nitrogens with one attached hydrogen (secondary N) is 1. The Kier molecular flexibility index (Phi) is 6.00. The Hall–Kier alpha value is -2.58. The maximum Gasteiger partial charge on any atom is 0.416 e. The molecule has 0 amide bonds. The van der Waals surface area contributed by atoms with E-state index >= 15 is 0 Å². The first kappa shape index (κ1) is 18.8. The van der Waals surface area contributed by atoms with Gasteiger partial charge >= 0.3 is 6.18 Å². The van der Waals surface area contributed by atoms with Crippen molar-refractivity contribution in [3.8, 4) is 0 Å². The Bertz CT molecular complexity index is 705. The van der Waals surface area contributed by atoms with Crippen molar-refractivity contribution in [2.24, 2.45) is 12.0 Å². The van der Waals surface area contributed by atoms with Crippen LogP contribution in [0.4, 0.5) is 13.2 Å². The van der Waals surface area contributed by atoms with Gasteiger partial charge in [-0.05, 0) is 24.6 Å². The van der Waals surface area contributed by atoms with E-state index < -0.39 is 11.7 Å². The summed E-state index contributed by atoms with van der Waals surface area (Å²) in [4.78, 5) is 6.35. The van der Waals surface area contributed by atoms with Crippen LogP contribution in [-0.2, 0) is 26.3 Å². The molecule has 2 aromatic rings. The zero-order valence-corrected chi connectivity index (χ0v) is 14.4. The van der Waals surface area contributed by atoms with Crippen LogP contribution in [0.2, 0.25) is 0 Å². The van der Waals surface area contributed by atoms with Gasteiger partial charge in [-0.15, -0.1) is 10.2 Å². The van der Waals surface area contributed by atoms with Gasteiger partial charge < -0.3 is 14.8 Å². The van der Waals surface area contributed by atoms with E-state index in [-0.39, 0.29) is 0 Å². The Morgan fingerprint density at radius 2 is 1.96 bits per heavy atom. The number of guanidine groups is 1. The molecule has 1 heterocycles. The van der Waals surface area contributed by atoms with Gasteiger partial charge in [-0.3, -0.25) is 0 Å². The fourth-order valence-corrected chi connectivity index (χ4v) is 2.21. The number of benzene rings is 1. The Labute approximate surface area is 144 Å². The smallest absolute Gasteiger partial charge is 0.357 e. The minimum atomic E-state index is -4.32. The highest BCUT2D eigenvalue weighted by molar-refractivity contribution is 5.79. The molecule has 1 aromatic heterocycles. The molecule has 0 aliphatic rings. The average Bonchev–Trinajstić information content (AvgIpc) is 2.96.